The monoisotopic (exact) mass is 248 g/mol. The van der Waals surface area contributed by atoms with Crippen LogP contribution in [0.25, 0.3) is 5.57 Å². The number of methoxy groups -OCH3 is 1. The highest BCUT2D eigenvalue weighted by Crippen LogP contribution is 2.44. The largest absolute Gasteiger partial charge is 0.497 e. The maximum atomic E-state index is 11.1. The lowest BCUT2D eigenvalue weighted by molar-refractivity contribution is -0.139. The molecule has 2 unspecified atom stereocenters. The number of ether oxygens (including phenoxy) is 1. The highest BCUT2D eigenvalue weighted by atomic mass is 16.5. The van der Waals surface area contributed by atoms with Crippen molar-refractivity contribution in [2.24, 2.45) is 5.92 Å². The minimum absolute atomic E-state index is 0.630. The second-order valence-corrected chi connectivity index (χ2v) is 4.51. The maximum absolute atomic E-state index is 11.1. The SMILES string of the molecule is COc1ccc2c(c1)C(O)C(C)=C2C(C)C(=O)O. The Balaban J connectivity index is 2.54. The molecule has 0 amide bonds. The highest BCUT2D eigenvalue weighted by Gasteiger charge is 2.32. The molecule has 0 aromatic heterocycles. The number of fused-ring (bicyclic) bond motifs is 1. The zero-order chi connectivity index (χ0) is 13.4. The first-order valence-corrected chi connectivity index (χ1v) is 5.77. The van der Waals surface area contributed by atoms with Gasteiger partial charge < -0.3 is 14.9 Å². The van der Waals surface area contributed by atoms with Gasteiger partial charge in [-0.15, -0.1) is 0 Å². The summed E-state index contributed by atoms with van der Waals surface area (Å²) in [5.74, 6) is -0.862. The van der Waals surface area contributed by atoms with Gasteiger partial charge in [-0.05, 0) is 48.3 Å². The van der Waals surface area contributed by atoms with Crippen LogP contribution in [0.15, 0.2) is 23.8 Å². The Morgan fingerprint density at radius 1 is 1.44 bits per heavy atom. The zero-order valence-electron chi connectivity index (χ0n) is 10.6. The van der Waals surface area contributed by atoms with Gasteiger partial charge in [0.15, 0.2) is 0 Å². The van der Waals surface area contributed by atoms with Gasteiger partial charge in [0.05, 0.1) is 13.0 Å². The molecule has 0 heterocycles. The van der Waals surface area contributed by atoms with E-state index >= 15 is 0 Å². The molecule has 1 aliphatic rings. The van der Waals surface area contributed by atoms with Gasteiger partial charge in [-0.3, -0.25) is 4.79 Å². The van der Waals surface area contributed by atoms with Crippen molar-refractivity contribution in [1.82, 2.24) is 0 Å². The van der Waals surface area contributed by atoms with Crippen molar-refractivity contribution in [1.29, 1.82) is 0 Å². The minimum Gasteiger partial charge on any atom is -0.497 e. The molecule has 0 saturated heterocycles. The molecule has 18 heavy (non-hydrogen) atoms. The lowest BCUT2D eigenvalue weighted by Crippen LogP contribution is -2.11. The molecule has 0 saturated carbocycles. The Kier molecular flexibility index (Phi) is 3.13. The Labute approximate surface area is 106 Å². The molecule has 2 rings (SSSR count). The number of aliphatic hydroxyl groups is 1. The first kappa shape index (κ1) is 12.6. The average Bonchev–Trinajstić information content (AvgIpc) is 2.61. The van der Waals surface area contributed by atoms with Crippen molar-refractivity contribution >= 4 is 11.5 Å². The van der Waals surface area contributed by atoms with Crippen molar-refractivity contribution in [3.8, 4) is 5.75 Å². The van der Waals surface area contributed by atoms with Gasteiger partial charge in [0.1, 0.15) is 11.9 Å². The number of hydrogen-bond donors (Lipinski definition) is 2. The van der Waals surface area contributed by atoms with E-state index in [0.717, 1.165) is 11.1 Å². The second-order valence-electron chi connectivity index (χ2n) is 4.51. The topological polar surface area (TPSA) is 66.8 Å². The fourth-order valence-electron chi connectivity index (χ4n) is 2.43. The van der Waals surface area contributed by atoms with Crippen molar-refractivity contribution in [3.63, 3.8) is 0 Å². The van der Waals surface area contributed by atoms with Gasteiger partial charge >= 0.3 is 5.97 Å². The molecule has 4 heteroatoms. The van der Waals surface area contributed by atoms with Crippen LogP contribution in [0.3, 0.4) is 0 Å². The van der Waals surface area contributed by atoms with Crippen LogP contribution >= 0.6 is 0 Å². The summed E-state index contributed by atoms with van der Waals surface area (Å²) in [4.78, 5) is 11.1. The third-order valence-corrected chi connectivity index (χ3v) is 3.48. The van der Waals surface area contributed by atoms with Crippen LogP contribution in [0.1, 0.15) is 31.1 Å². The predicted molar refractivity (Wildman–Crippen MR) is 67.3 cm³/mol. The van der Waals surface area contributed by atoms with Crippen LogP contribution in [0.5, 0.6) is 5.75 Å². The summed E-state index contributed by atoms with van der Waals surface area (Å²) in [5.41, 5.74) is 2.92. The molecule has 0 spiro atoms. The Hall–Kier alpha value is -1.81. The fourth-order valence-corrected chi connectivity index (χ4v) is 2.43. The molecule has 1 aromatic carbocycles. The highest BCUT2D eigenvalue weighted by molar-refractivity contribution is 5.91. The number of hydrogen-bond acceptors (Lipinski definition) is 3. The molecule has 0 fully saturated rings. The van der Waals surface area contributed by atoms with Crippen molar-refractivity contribution in [3.05, 3.63) is 34.9 Å². The lowest BCUT2D eigenvalue weighted by Gasteiger charge is -2.11. The van der Waals surface area contributed by atoms with Gasteiger partial charge in [0.2, 0.25) is 0 Å². The van der Waals surface area contributed by atoms with Gasteiger partial charge in [-0.2, -0.15) is 0 Å². The first-order chi connectivity index (χ1) is 8.47. The van der Waals surface area contributed by atoms with Gasteiger partial charge in [0.25, 0.3) is 0 Å². The molecule has 2 atom stereocenters. The predicted octanol–water partition coefficient (Wildman–Crippen LogP) is 2.24. The Bertz CT molecular complexity index is 531. The number of rotatable bonds is 3. The summed E-state index contributed by atoms with van der Waals surface area (Å²) in [6, 6.07) is 5.34. The number of aliphatic hydroxyl groups excluding tert-OH is 1. The second kappa shape index (κ2) is 4.46. The minimum atomic E-state index is -0.889. The zero-order valence-corrected chi connectivity index (χ0v) is 10.6. The normalized spacial score (nSPS) is 19.7. The van der Waals surface area contributed by atoms with Crippen LogP contribution in [0.2, 0.25) is 0 Å². The van der Waals surface area contributed by atoms with E-state index in [2.05, 4.69) is 0 Å². The average molecular weight is 248 g/mol. The molecular formula is C14H16O4. The molecule has 1 aromatic rings. The van der Waals surface area contributed by atoms with E-state index in [4.69, 9.17) is 9.84 Å². The number of carbonyl (C=O) groups is 1. The quantitative estimate of drug-likeness (QED) is 0.860. The lowest BCUT2D eigenvalue weighted by atomic mass is 9.94. The molecule has 4 nitrogen and oxygen atoms in total. The third-order valence-electron chi connectivity index (χ3n) is 3.48. The smallest absolute Gasteiger partial charge is 0.310 e. The van der Waals surface area contributed by atoms with E-state index in [1.165, 1.54) is 0 Å². The molecule has 2 N–H and O–H groups in total. The Morgan fingerprint density at radius 2 is 2.11 bits per heavy atom. The van der Waals surface area contributed by atoms with Gasteiger partial charge in [-0.25, -0.2) is 0 Å². The van der Waals surface area contributed by atoms with Crippen molar-refractivity contribution in [2.45, 2.75) is 20.0 Å². The van der Waals surface area contributed by atoms with Gasteiger partial charge in [-0.1, -0.05) is 6.07 Å². The van der Waals surface area contributed by atoms with E-state index in [1.807, 2.05) is 6.07 Å². The number of carboxylic acids is 1. The standard InChI is InChI=1S/C14H16O4/c1-7-12(8(2)14(16)17)10-5-4-9(18-3)6-11(10)13(7)15/h4-6,8,13,15H,1-3H3,(H,16,17). The van der Waals surface area contributed by atoms with Gasteiger partial charge in [0, 0.05) is 0 Å². The van der Waals surface area contributed by atoms with E-state index in [-0.39, 0.29) is 0 Å². The molecule has 0 aliphatic heterocycles. The summed E-state index contributed by atoms with van der Waals surface area (Å²) < 4.78 is 5.12. The molecule has 96 valence electrons. The molecule has 0 bridgehead atoms. The van der Waals surface area contributed by atoms with Crippen LogP contribution in [0.4, 0.5) is 0 Å². The van der Waals surface area contributed by atoms with Crippen LogP contribution in [-0.4, -0.2) is 23.3 Å². The molecule has 0 radical (unpaired) electrons. The molecule has 1 aliphatic carbocycles. The van der Waals surface area contributed by atoms with Crippen molar-refractivity contribution in [2.75, 3.05) is 7.11 Å². The van der Waals surface area contributed by atoms with Crippen molar-refractivity contribution < 1.29 is 19.7 Å². The van der Waals surface area contributed by atoms with Crippen LogP contribution in [0, 0.1) is 5.92 Å². The Morgan fingerprint density at radius 3 is 2.67 bits per heavy atom. The van der Waals surface area contributed by atoms with E-state index in [1.54, 1.807) is 33.1 Å². The van der Waals surface area contributed by atoms with Crippen LogP contribution in [-0.2, 0) is 4.79 Å². The van der Waals surface area contributed by atoms with E-state index in [0.29, 0.717) is 16.9 Å². The number of aliphatic carboxylic acids is 1. The summed E-state index contributed by atoms with van der Waals surface area (Å²) in [7, 11) is 1.56. The summed E-state index contributed by atoms with van der Waals surface area (Å²) in [6.07, 6.45) is -0.744. The first-order valence-electron chi connectivity index (χ1n) is 5.77. The molecular weight excluding hydrogens is 232 g/mol. The third kappa shape index (κ3) is 1.78. The number of benzene rings is 1. The van der Waals surface area contributed by atoms with Crippen LogP contribution < -0.4 is 4.74 Å². The number of carboxylic acid groups (broad SMARTS) is 1. The fraction of sp³-hybridized carbons (Fsp3) is 0.357. The summed E-state index contributed by atoms with van der Waals surface area (Å²) >= 11 is 0. The summed E-state index contributed by atoms with van der Waals surface area (Å²) in [6.45, 7) is 3.40. The summed E-state index contributed by atoms with van der Waals surface area (Å²) in [5, 5.41) is 19.3. The van der Waals surface area contributed by atoms with E-state index in [9.17, 15) is 9.90 Å². The van der Waals surface area contributed by atoms with E-state index < -0.39 is 18.0 Å². The maximum Gasteiger partial charge on any atom is 0.310 e.